The molecule has 0 aromatic heterocycles. The van der Waals surface area contributed by atoms with Gasteiger partial charge in [-0.1, -0.05) is 30.3 Å². The van der Waals surface area contributed by atoms with Crippen molar-refractivity contribution in [3.63, 3.8) is 0 Å². The molecule has 22 heavy (non-hydrogen) atoms. The molecule has 1 amide bonds. The van der Waals surface area contributed by atoms with Gasteiger partial charge in [-0.3, -0.25) is 4.79 Å². The molecule has 4 nitrogen and oxygen atoms in total. The molecule has 1 fully saturated rings. The monoisotopic (exact) mass is 294 g/mol. The Labute approximate surface area is 129 Å². The maximum absolute atomic E-state index is 12.1. The van der Waals surface area contributed by atoms with E-state index in [-0.39, 0.29) is 18.4 Å². The van der Waals surface area contributed by atoms with E-state index in [1.54, 1.807) is 4.90 Å². The van der Waals surface area contributed by atoms with E-state index in [0.29, 0.717) is 18.8 Å². The van der Waals surface area contributed by atoms with Gasteiger partial charge in [0, 0.05) is 19.0 Å². The van der Waals surface area contributed by atoms with Gasteiger partial charge >= 0.3 is 0 Å². The average molecular weight is 294 g/mol. The van der Waals surface area contributed by atoms with Crippen LogP contribution in [0.1, 0.15) is 12.8 Å². The molecule has 2 aromatic carbocycles. The lowest BCUT2D eigenvalue weighted by molar-refractivity contribution is -0.134. The molecule has 4 heteroatoms. The molecule has 0 bridgehead atoms. The van der Waals surface area contributed by atoms with Gasteiger partial charge in [0.1, 0.15) is 5.75 Å². The zero-order valence-corrected chi connectivity index (χ0v) is 12.4. The fraction of sp³-hybridized carbons (Fsp3) is 0.333. The molecule has 112 valence electrons. The number of likely N-dealkylation sites (tertiary alicyclic amines) is 1. The van der Waals surface area contributed by atoms with Crippen molar-refractivity contribution in [2.45, 2.75) is 12.8 Å². The van der Waals surface area contributed by atoms with Crippen molar-refractivity contribution in [2.75, 3.05) is 19.7 Å². The lowest BCUT2D eigenvalue weighted by atomic mass is 9.99. The van der Waals surface area contributed by atoms with Crippen LogP contribution in [0.15, 0.2) is 42.5 Å². The van der Waals surface area contributed by atoms with E-state index in [0.717, 1.165) is 23.6 Å². The van der Waals surface area contributed by atoms with Crippen LogP contribution in [0.5, 0.6) is 5.75 Å². The van der Waals surface area contributed by atoms with Crippen LogP contribution < -0.4 is 4.74 Å². The van der Waals surface area contributed by atoms with Gasteiger partial charge in [-0.2, -0.15) is 5.26 Å². The number of piperidine rings is 1. The fourth-order valence-corrected chi connectivity index (χ4v) is 2.75. The largest absolute Gasteiger partial charge is 0.484 e. The highest BCUT2D eigenvalue weighted by Gasteiger charge is 2.22. The van der Waals surface area contributed by atoms with Crippen molar-refractivity contribution >= 4 is 16.7 Å². The smallest absolute Gasteiger partial charge is 0.260 e. The molecule has 1 aliphatic heterocycles. The topological polar surface area (TPSA) is 53.3 Å². The van der Waals surface area contributed by atoms with Crippen molar-refractivity contribution in [3.8, 4) is 11.8 Å². The summed E-state index contributed by atoms with van der Waals surface area (Å²) in [6, 6.07) is 16.1. The second-order valence-corrected chi connectivity index (χ2v) is 5.58. The molecular formula is C18H18N2O2. The standard InChI is InChI=1S/C18H18N2O2/c19-12-14-7-9-20(10-8-14)18(21)13-22-17-6-5-15-3-1-2-4-16(15)11-17/h1-6,11,14H,7-10,13H2. The minimum Gasteiger partial charge on any atom is -0.484 e. The molecule has 0 radical (unpaired) electrons. The summed E-state index contributed by atoms with van der Waals surface area (Å²) in [5.41, 5.74) is 0. The zero-order chi connectivity index (χ0) is 15.4. The first-order valence-electron chi connectivity index (χ1n) is 7.55. The number of carbonyl (C=O) groups is 1. The van der Waals surface area contributed by atoms with Gasteiger partial charge in [-0.25, -0.2) is 0 Å². The van der Waals surface area contributed by atoms with E-state index in [9.17, 15) is 4.79 Å². The van der Waals surface area contributed by atoms with E-state index >= 15 is 0 Å². The van der Waals surface area contributed by atoms with Gasteiger partial charge in [-0.05, 0) is 35.7 Å². The summed E-state index contributed by atoms with van der Waals surface area (Å²) in [5, 5.41) is 11.1. The Kier molecular flexibility index (Phi) is 4.24. The van der Waals surface area contributed by atoms with Gasteiger partial charge in [0.05, 0.1) is 6.07 Å². The van der Waals surface area contributed by atoms with Gasteiger partial charge in [-0.15, -0.1) is 0 Å². The molecular weight excluding hydrogens is 276 g/mol. The summed E-state index contributed by atoms with van der Waals surface area (Å²) in [4.78, 5) is 13.9. The molecule has 1 saturated heterocycles. The van der Waals surface area contributed by atoms with Crippen molar-refractivity contribution in [1.82, 2.24) is 4.90 Å². The first-order valence-corrected chi connectivity index (χ1v) is 7.55. The van der Waals surface area contributed by atoms with Crippen LogP contribution in [0.4, 0.5) is 0 Å². The second-order valence-electron chi connectivity index (χ2n) is 5.58. The van der Waals surface area contributed by atoms with Gasteiger partial charge < -0.3 is 9.64 Å². The van der Waals surface area contributed by atoms with Crippen LogP contribution in [-0.4, -0.2) is 30.5 Å². The molecule has 0 spiro atoms. The third kappa shape index (κ3) is 3.20. The number of hydrogen-bond donors (Lipinski definition) is 0. The third-order valence-corrected chi connectivity index (χ3v) is 4.11. The molecule has 1 heterocycles. The number of hydrogen-bond acceptors (Lipinski definition) is 3. The number of carbonyl (C=O) groups excluding carboxylic acids is 1. The Hall–Kier alpha value is -2.54. The molecule has 0 aliphatic carbocycles. The summed E-state index contributed by atoms with van der Waals surface area (Å²) in [6.45, 7) is 1.35. The Morgan fingerprint density at radius 2 is 1.91 bits per heavy atom. The Morgan fingerprint density at radius 3 is 2.64 bits per heavy atom. The van der Waals surface area contributed by atoms with Crippen molar-refractivity contribution < 1.29 is 9.53 Å². The van der Waals surface area contributed by atoms with E-state index < -0.39 is 0 Å². The number of rotatable bonds is 3. The van der Waals surface area contributed by atoms with Crippen molar-refractivity contribution in [3.05, 3.63) is 42.5 Å². The second kappa shape index (κ2) is 6.48. The predicted octanol–water partition coefficient (Wildman–Crippen LogP) is 2.98. The van der Waals surface area contributed by atoms with Gasteiger partial charge in [0.2, 0.25) is 0 Å². The van der Waals surface area contributed by atoms with Gasteiger partial charge in [0.15, 0.2) is 6.61 Å². The van der Waals surface area contributed by atoms with Crippen LogP contribution in [0.2, 0.25) is 0 Å². The molecule has 0 saturated carbocycles. The maximum atomic E-state index is 12.1. The quantitative estimate of drug-likeness (QED) is 0.874. The SMILES string of the molecule is N#CC1CCN(C(=O)COc2ccc3ccccc3c2)CC1. The zero-order valence-electron chi connectivity index (χ0n) is 12.4. The first kappa shape index (κ1) is 14.4. The molecule has 1 aliphatic rings. The minimum atomic E-state index is -0.00968. The van der Waals surface area contributed by atoms with Crippen molar-refractivity contribution in [2.24, 2.45) is 5.92 Å². The number of nitrogens with zero attached hydrogens (tertiary/aromatic N) is 2. The number of nitriles is 1. The van der Waals surface area contributed by atoms with Crippen LogP contribution in [0, 0.1) is 17.2 Å². The molecule has 3 rings (SSSR count). The normalized spacial score (nSPS) is 15.5. The van der Waals surface area contributed by atoms with Crippen molar-refractivity contribution in [1.29, 1.82) is 5.26 Å². The number of fused-ring (bicyclic) bond motifs is 1. The minimum absolute atomic E-state index is 0.00968. The van der Waals surface area contributed by atoms with E-state index in [2.05, 4.69) is 6.07 Å². The van der Waals surface area contributed by atoms with Crippen LogP contribution >= 0.6 is 0 Å². The highest BCUT2D eigenvalue weighted by Crippen LogP contribution is 2.21. The lowest BCUT2D eigenvalue weighted by Gasteiger charge is -2.29. The maximum Gasteiger partial charge on any atom is 0.260 e. The third-order valence-electron chi connectivity index (χ3n) is 4.11. The van der Waals surface area contributed by atoms with Crippen LogP contribution in [-0.2, 0) is 4.79 Å². The van der Waals surface area contributed by atoms with E-state index in [1.165, 1.54) is 0 Å². The fourth-order valence-electron chi connectivity index (χ4n) is 2.75. The summed E-state index contributed by atoms with van der Waals surface area (Å²) in [7, 11) is 0. The summed E-state index contributed by atoms with van der Waals surface area (Å²) >= 11 is 0. The highest BCUT2D eigenvalue weighted by molar-refractivity contribution is 5.84. The average Bonchev–Trinajstić information content (AvgIpc) is 2.59. The predicted molar refractivity (Wildman–Crippen MR) is 84.4 cm³/mol. The number of amides is 1. The summed E-state index contributed by atoms with van der Waals surface area (Å²) in [5.74, 6) is 0.786. The van der Waals surface area contributed by atoms with Gasteiger partial charge in [0.25, 0.3) is 5.91 Å². The summed E-state index contributed by atoms with van der Waals surface area (Å²) < 4.78 is 5.63. The Bertz CT molecular complexity index is 712. The first-order chi connectivity index (χ1) is 10.8. The van der Waals surface area contributed by atoms with E-state index in [4.69, 9.17) is 10.00 Å². The molecule has 2 aromatic rings. The van der Waals surface area contributed by atoms with E-state index in [1.807, 2.05) is 42.5 Å². The van der Waals surface area contributed by atoms with Crippen LogP contribution in [0.25, 0.3) is 10.8 Å². The molecule has 0 N–H and O–H groups in total. The Morgan fingerprint density at radius 1 is 1.18 bits per heavy atom. The number of ether oxygens (including phenoxy) is 1. The summed E-state index contributed by atoms with van der Waals surface area (Å²) in [6.07, 6.45) is 1.52. The lowest BCUT2D eigenvalue weighted by Crippen LogP contribution is -2.40. The molecule has 0 atom stereocenters. The Balaban J connectivity index is 1.57. The highest BCUT2D eigenvalue weighted by atomic mass is 16.5. The molecule has 0 unspecified atom stereocenters. The van der Waals surface area contributed by atoms with Crippen LogP contribution in [0.3, 0.4) is 0 Å². The number of benzene rings is 2.